The van der Waals surface area contributed by atoms with E-state index < -0.39 is 22.2 Å². The van der Waals surface area contributed by atoms with Crippen LogP contribution in [0.25, 0.3) is 0 Å². The Bertz CT molecular complexity index is 564. The molecule has 0 aliphatic carbocycles. The first-order valence-electron chi connectivity index (χ1n) is 5.29. The molecule has 0 atom stereocenters. The molecule has 1 aromatic carbocycles. The lowest BCUT2D eigenvalue weighted by Crippen LogP contribution is -2.26. The van der Waals surface area contributed by atoms with Crippen molar-refractivity contribution in [1.29, 1.82) is 0 Å². The molecular formula is C11H13F3O4S. The predicted octanol–water partition coefficient (Wildman–Crippen LogP) is 2.42. The Balaban J connectivity index is 2.72. The molecule has 0 saturated carbocycles. The molecule has 19 heavy (non-hydrogen) atoms. The third kappa shape index (κ3) is 3.84. The lowest BCUT2D eigenvalue weighted by Gasteiger charge is -2.10. The Labute approximate surface area is 108 Å². The second-order valence-electron chi connectivity index (χ2n) is 4.04. The van der Waals surface area contributed by atoms with Gasteiger partial charge in [-0.3, -0.25) is 4.18 Å². The standard InChI is InChI=1S/C11H13F3O4S/c1-7-6-10(15)8(2)5-9(7)3-4-18-19(16,17)11(12,13)14/h5-6,15H,3-4H2,1-2H3. The monoisotopic (exact) mass is 298 g/mol. The Morgan fingerprint density at radius 1 is 1.21 bits per heavy atom. The summed E-state index contributed by atoms with van der Waals surface area (Å²) in [6.07, 6.45) is 0.00225. The largest absolute Gasteiger partial charge is 0.523 e. The van der Waals surface area contributed by atoms with Crippen LogP contribution in [0.4, 0.5) is 13.2 Å². The predicted molar refractivity (Wildman–Crippen MR) is 62.2 cm³/mol. The number of phenolic OH excluding ortho intramolecular Hbond substituents is 1. The maximum absolute atomic E-state index is 12.0. The van der Waals surface area contributed by atoms with Crippen LogP contribution >= 0.6 is 0 Å². The van der Waals surface area contributed by atoms with Gasteiger partial charge < -0.3 is 5.11 Å². The first-order valence-corrected chi connectivity index (χ1v) is 6.70. The number of aryl methyl sites for hydroxylation is 2. The van der Waals surface area contributed by atoms with Gasteiger partial charge in [0.25, 0.3) is 0 Å². The molecule has 0 aromatic heterocycles. The van der Waals surface area contributed by atoms with Crippen molar-refractivity contribution < 1.29 is 30.9 Å². The van der Waals surface area contributed by atoms with E-state index in [4.69, 9.17) is 0 Å². The molecule has 1 rings (SSSR count). The van der Waals surface area contributed by atoms with Crippen LogP contribution in [0.3, 0.4) is 0 Å². The summed E-state index contributed by atoms with van der Waals surface area (Å²) >= 11 is 0. The molecule has 0 aliphatic rings. The first-order chi connectivity index (χ1) is 8.54. The summed E-state index contributed by atoms with van der Waals surface area (Å²) in [6.45, 7) is 2.69. The maximum atomic E-state index is 12.0. The molecule has 0 radical (unpaired) electrons. The highest BCUT2D eigenvalue weighted by molar-refractivity contribution is 7.87. The van der Waals surface area contributed by atoms with E-state index in [1.165, 1.54) is 6.07 Å². The fourth-order valence-corrected chi connectivity index (χ4v) is 1.89. The van der Waals surface area contributed by atoms with Gasteiger partial charge in [-0.05, 0) is 43.0 Å². The Hall–Kier alpha value is -1.28. The van der Waals surface area contributed by atoms with E-state index in [0.29, 0.717) is 16.7 Å². The average molecular weight is 298 g/mol. The molecule has 0 aliphatic heterocycles. The zero-order valence-corrected chi connectivity index (χ0v) is 11.1. The van der Waals surface area contributed by atoms with E-state index in [0.717, 1.165) is 0 Å². The summed E-state index contributed by atoms with van der Waals surface area (Å²) in [5.74, 6) is 0.0741. The number of rotatable bonds is 4. The van der Waals surface area contributed by atoms with Crippen molar-refractivity contribution >= 4 is 10.1 Å². The number of hydrogen-bond acceptors (Lipinski definition) is 4. The topological polar surface area (TPSA) is 63.6 Å². The van der Waals surface area contributed by atoms with Crippen molar-refractivity contribution in [3.8, 4) is 5.75 Å². The van der Waals surface area contributed by atoms with Gasteiger partial charge in [-0.15, -0.1) is 0 Å². The highest BCUT2D eigenvalue weighted by Crippen LogP contribution is 2.25. The fourth-order valence-electron chi connectivity index (χ4n) is 1.46. The molecule has 0 fully saturated rings. The number of halogens is 3. The summed E-state index contributed by atoms with van der Waals surface area (Å²) in [5.41, 5.74) is -3.59. The third-order valence-corrected chi connectivity index (χ3v) is 3.59. The van der Waals surface area contributed by atoms with E-state index >= 15 is 0 Å². The highest BCUT2D eigenvalue weighted by atomic mass is 32.2. The minimum atomic E-state index is -5.55. The van der Waals surface area contributed by atoms with E-state index in [9.17, 15) is 26.7 Å². The molecule has 0 spiro atoms. The second kappa shape index (κ2) is 5.38. The zero-order valence-electron chi connectivity index (χ0n) is 10.3. The number of alkyl halides is 3. The highest BCUT2D eigenvalue weighted by Gasteiger charge is 2.47. The van der Waals surface area contributed by atoms with Crippen molar-refractivity contribution in [2.24, 2.45) is 0 Å². The third-order valence-electron chi connectivity index (χ3n) is 2.55. The molecule has 1 N–H and O–H groups in total. The Morgan fingerprint density at radius 2 is 1.79 bits per heavy atom. The minimum absolute atomic E-state index is 0.00225. The number of hydrogen-bond donors (Lipinski definition) is 1. The van der Waals surface area contributed by atoms with Crippen LogP contribution in [0, 0.1) is 13.8 Å². The maximum Gasteiger partial charge on any atom is 0.523 e. The van der Waals surface area contributed by atoms with Gasteiger partial charge in [0.2, 0.25) is 0 Å². The van der Waals surface area contributed by atoms with Gasteiger partial charge in [-0.25, -0.2) is 0 Å². The average Bonchev–Trinajstić information content (AvgIpc) is 2.23. The molecule has 108 valence electrons. The summed E-state index contributed by atoms with van der Waals surface area (Å²) in [7, 11) is -5.55. The summed E-state index contributed by atoms with van der Waals surface area (Å²) in [6, 6.07) is 3.04. The van der Waals surface area contributed by atoms with Crippen molar-refractivity contribution in [2.45, 2.75) is 25.8 Å². The Morgan fingerprint density at radius 3 is 2.32 bits per heavy atom. The van der Waals surface area contributed by atoms with E-state index in [-0.39, 0.29) is 12.2 Å². The Kier molecular flexibility index (Phi) is 4.46. The van der Waals surface area contributed by atoms with Gasteiger partial charge in [0.1, 0.15) is 5.75 Å². The molecule has 0 heterocycles. The van der Waals surface area contributed by atoms with Crippen LogP contribution < -0.4 is 0 Å². The fraction of sp³-hybridized carbons (Fsp3) is 0.455. The SMILES string of the molecule is Cc1cc(CCOS(=O)(=O)C(F)(F)F)c(C)cc1O. The van der Waals surface area contributed by atoms with Crippen LogP contribution in [-0.4, -0.2) is 25.6 Å². The van der Waals surface area contributed by atoms with Crippen molar-refractivity contribution in [3.63, 3.8) is 0 Å². The molecule has 0 unspecified atom stereocenters. The molecule has 1 aromatic rings. The van der Waals surface area contributed by atoms with Gasteiger partial charge in [0.15, 0.2) is 0 Å². The molecular weight excluding hydrogens is 285 g/mol. The molecule has 0 bridgehead atoms. The van der Waals surface area contributed by atoms with E-state index in [2.05, 4.69) is 4.18 Å². The number of benzene rings is 1. The zero-order chi connectivity index (χ0) is 14.8. The van der Waals surface area contributed by atoms with Crippen LogP contribution in [0.2, 0.25) is 0 Å². The second-order valence-corrected chi connectivity index (χ2v) is 5.64. The van der Waals surface area contributed by atoms with Crippen molar-refractivity contribution in [2.75, 3.05) is 6.61 Å². The number of aromatic hydroxyl groups is 1. The van der Waals surface area contributed by atoms with E-state index in [1.807, 2.05) is 0 Å². The van der Waals surface area contributed by atoms with Gasteiger partial charge in [-0.2, -0.15) is 21.6 Å². The molecule has 4 nitrogen and oxygen atoms in total. The summed E-state index contributed by atoms with van der Waals surface area (Å²) in [5, 5.41) is 9.41. The van der Waals surface area contributed by atoms with Crippen molar-refractivity contribution in [1.82, 2.24) is 0 Å². The molecule has 8 heteroatoms. The van der Waals surface area contributed by atoms with Gasteiger partial charge in [0.05, 0.1) is 6.61 Å². The molecule has 0 saturated heterocycles. The van der Waals surface area contributed by atoms with Crippen LogP contribution in [0.5, 0.6) is 5.75 Å². The smallest absolute Gasteiger partial charge is 0.508 e. The van der Waals surface area contributed by atoms with Crippen molar-refractivity contribution in [3.05, 3.63) is 28.8 Å². The minimum Gasteiger partial charge on any atom is -0.508 e. The molecule has 0 amide bonds. The lowest BCUT2D eigenvalue weighted by molar-refractivity contribution is -0.0541. The summed E-state index contributed by atoms with van der Waals surface area (Å²) < 4.78 is 61.3. The van der Waals surface area contributed by atoms with E-state index in [1.54, 1.807) is 19.9 Å². The van der Waals surface area contributed by atoms with Crippen LogP contribution in [0.1, 0.15) is 16.7 Å². The quantitative estimate of drug-likeness (QED) is 0.685. The van der Waals surface area contributed by atoms with Crippen LogP contribution in [-0.2, 0) is 20.7 Å². The lowest BCUT2D eigenvalue weighted by atomic mass is 10.0. The van der Waals surface area contributed by atoms with Gasteiger partial charge >= 0.3 is 15.6 Å². The van der Waals surface area contributed by atoms with Gasteiger partial charge in [0, 0.05) is 0 Å². The summed E-state index contributed by atoms with van der Waals surface area (Å²) in [4.78, 5) is 0. The normalized spacial score (nSPS) is 12.7. The van der Waals surface area contributed by atoms with Crippen LogP contribution in [0.15, 0.2) is 12.1 Å². The first kappa shape index (κ1) is 15.8. The number of phenols is 1. The van der Waals surface area contributed by atoms with Gasteiger partial charge in [-0.1, -0.05) is 6.07 Å².